The van der Waals surface area contributed by atoms with E-state index in [0.717, 1.165) is 48.7 Å². The largest absolute Gasteiger partial charge is 0.369 e. The lowest BCUT2D eigenvalue weighted by Gasteiger charge is -2.29. The van der Waals surface area contributed by atoms with Crippen LogP contribution in [0, 0.1) is 12.3 Å². The number of nitrogens with zero attached hydrogens (tertiary/aromatic N) is 4. The lowest BCUT2D eigenvalue weighted by molar-refractivity contribution is -0.129. The van der Waals surface area contributed by atoms with Crippen molar-refractivity contribution >= 4 is 52.0 Å². The van der Waals surface area contributed by atoms with Crippen molar-refractivity contribution in [1.82, 2.24) is 25.1 Å². The Morgan fingerprint density at radius 3 is 2.64 bits per heavy atom. The first-order chi connectivity index (χ1) is 17.1. The Kier molecular flexibility index (Phi) is 10.5. The van der Waals surface area contributed by atoms with Crippen molar-refractivity contribution in [2.24, 2.45) is 5.41 Å². The number of carbonyl (C=O) groups is 1. The molecule has 0 spiro atoms. The number of hydrogen-bond acceptors (Lipinski definition) is 7. The second-order valence-electron chi connectivity index (χ2n) is 9.76. The maximum Gasteiger partial charge on any atom is 0.229 e. The van der Waals surface area contributed by atoms with E-state index in [-0.39, 0.29) is 5.91 Å². The molecule has 10 heteroatoms. The maximum atomic E-state index is 13.3. The predicted molar refractivity (Wildman–Crippen MR) is 152 cm³/mol. The molecular formula is C26H36Cl2N6OS. The number of benzene rings is 1. The van der Waals surface area contributed by atoms with E-state index in [2.05, 4.69) is 32.3 Å². The van der Waals surface area contributed by atoms with Gasteiger partial charge in [0.25, 0.3) is 0 Å². The molecule has 1 fully saturated rings. The smallest absolute Gasteiger partial charge is 0.229 e. The predicted octanol–water partition coefficient (Wildman–Crippen LogP) is 4.05. The van der Waals surface area contributed by atoms with Crippen molar-refractivity contribution in [2.75, 3.05) is 58.7 Å². The molecule has 1 aromatic carbocycles. The second-order valence-corrected chi connectivity index (χ2v) is 11.2. The third-order valence-corrected chi connectivity index (χ3v) is 7.48. The number of nitrogens with one attached hydrogen (secondary N) is 2. The zero-order valence-electron chi connectivity index (χ0n) is 21.5. The van der Waals surface area contributed by atoms with Crippen LogP contribution in [0.5, 0.6) is 0 Å². The number of thiocarbonyl (C=S) groups is 1. The molecule has 0 aliphatic carbocycles. The van der Waals surface area contributed by atoms with Crippen LogP contribution in [-0.4, -0.2) is 83.9 Å². The molecule has 1 saturated heterocycles. The normalized spacial score (nSPS) is 18.0. The van der Waals surface area contributed by atoms with Crippen LogP contribution in [0.3, 0.4) is 0 Å². The van der Waals surface area contributed by atoms with Gasteiger partial charge in [-0.15, -0.1) is 0 Å². The molecule has 3 rings (SSSR count). The van der Waals surface area contributed by atoms with Crippen molar-refractivity contribution in [3.8, 4) is 0 Å². The van der Waals surface area contributed by atoms with Crippen molar-refractivity contribution in [3.63, 3.8) is 0 Å². The third kappa shape index (κ3) is 8.08. The molecule has 36 heavy (non-hydrogen) atoms. The lowest BCUT2D eigenvalue weighted by atomic mass is 9.85. The number of aromatic nitrogens is 2. The van der Waals surface area contributed by atoms with Gasteiger partial charge in [-0.1, -0.05) is 48.4 Å². The van der Waals surface area contributed by atoms with Crippen LogP contribution >= 0.6 is 35.4 Å². The summed E-state index contributed by atoms with van der Waals surface area (Å²) in [6, 6.07) is 7.46. The van der Waals surface area contributed by atoms with Gasteiger partial charge in [-0.25, -0.2) is 9.97 Å². The molecule has 1 aromatic heterocycles. The average Bonchev–Trinajstić information content (AvgIpc) is 3.24. The summed E-state index contributed by atoms with van der Waals surface area (Å²) in [5.41, 5.74) is 1.36. The van der Waals surface area contributed by atoms with Gasteiger partial charge < -0.3 is 20.4 Å². The number of anilines is 1. The highest BCUT2D eigenvalue weighted by Crippen LogP contribution is 2.31. The molecular weight excluding hydrogens is 515 g/mol. The number of aryl methyl sites for hydroxylation is 1. The van der Waals surface area contributed by atoms with E-state index in [4.69, 9.17) is 40.4 Å². The molecule has 2 heterocycles. The van der Waals surface area contributed by atoms with Crippen molar-refractivity contribution in [2.45, 2.75) is 33.1 Å². The summed E-state index contributed by atoms with van der Waals surface area (Å²) in [7, 11) is 4.01. The fourth-order valence-electron chi connectivity index (χ4n) is 4.39. The van der Waals surface area contributed by atoms with Gasteiger partial charge in [0.2, 0.25) is 5.91 Å². The minimum absolute atomic E-state index is 0.0987. The number of hydrogen-bond donors (Lipinski definition) is 2. The zero-order chi connectivity index (χ0) is 26.3. The minimum Gasteiger partial charge on any atom is -0.369 e. The summed E-state index contributed by atoms with van der Waals surface area (Å²) in [6.45, 7) is 8.60. The number of likely N-dealkylation sites (tertiary alicyclic amines) is 1. The van der Waals surface area contributed by atoms with E-state index < -0.39 is 5.41 Å². The number of carbonyl (C=O) groups excluding carboxylic acids is 1. The quantitative estimate of drug-likeness (QED) is 0.386. The minimum atomic E-state index is -0.496. The van der Waals surface area contributed by atoms with Gasteiger partial charge in [0.15, 0.2) is 0 Å². The number of amides is 1. The van der Waals surface area contributed by atoms with Crippen LogP contribution in [0.1, 0.15) is 30.4 Å². The van der Waals surface area contributed by atoms with E-state index >= 15 is 0 Å². The van der Waals surface area contributed by atoms with Crippen LogP contribution in [0.25, 0.3) is 0 Å². The van der Waals surface area contributed by atoms with Crippen molar-refractivity contribution < 1.29 is 4.79 Å². The molecule has 0 bridgehead atoms. The van der Waals surface area contributed by atoms with Gasteiger partial charge in [-0.3, -0.25) is 4.79 Å². The molecule has 2 aromatic rings. The maximum absolute atomic E-state index is 13.3. The molecule has 0 radical (unpaired) electrons. The fourth-order valence-corrected chi connectivity index (χ4v) is 5.01. The summed E-state index contributed by atoms with van der Waals surface area (Å²) >= 11 is 17.8. The Bertz CT molecular complexity index is 1080. The highest BCUT2D eigenvalue weighted by atomic mass is 35.5. The second kappa shape index (κ2) is 13.1. The van der Waals surface area contributed by atoms with E-state index in [1.807, 2.05) is 39.2 Å². The molecule has 1 aliphatic rings. The highest BCUT2D eigenvalue weighted by molar-refractivity contribution is 7.80. The summed E-state index contributed by atoms with van der Waals surface area (Å²) < 4.78 is 0. The van der Waals surface area contributed by atoms with Crippen LogP contribution in [0.2, 0.25) is 10.0 Å². The summed E-state index contributed by atoms with van der Waals surface area (Å²) in [5.74, 6) is 1.47. The zero-order valence-corrected chi connectivity index (χ0v) is 23.9. The summed E-state index contributed by atoms with van der Waals surface area (Å²) in [5, 5.41) is 7.63. The Morgan fingerprint density at radius 2 is 1.97 bits per heavy atom. The van der Waals surface area contributed by atoms with E-state index in [0.29, 0.717) is 47.6 Å². The Balaban J connectivity index is 1.66. The first-order valence-corrected chi connectivity index (χ1v) is 13.5. The fraction of sp³-hybridized carbons (Fsp3) is 0.538. The van der Waals surface area contributed by atoms with E-state index in [9.17, 15) is 4.79 Å². The molecule has 1 amide bonds. The van der Waals surface area contributed by atoms with Crippen LogP contribution in [0.15, 0.2) is 24.3 Å². The molecule has 0 saturated carbocycles. The summed E-state index contributed by atoms with van der Waals surface area (Å²) in [6.07, 6.45) is 1.88. The topological polar surface area (TPSA) is 73.4 Å². The average molecular weight is 552 g/mol. The Hall–Kier alpha value is -1.84. The first-order valence-electron chi connectivity index (χ1n) is 12.3. The standard InChI is InChI=1S/C26H36Cl2N6OS/c1-5-34-10-8-26(17-34,25(35)29-9-11-33(3)4)16-30-23-12-18(2)31-24(32-23)15-20(36)13-19-6-7-21(27)22(28)14-19/h6-7,12,14H,5,8-11,13,15-17H2,1-4H3,(H,29,35)(H,30,31,32). The van der Waals surface area contributed by atoms with Gasteiger partial charge in [-0.05, 0) is 58.2 Å². The van der Waals surface area contributed by atoms with Crippen LogP contribution < -0.4 is 10.6 Å². The Labute approximate surface area is 230 Å². The highest BCUT2D eigenvalue weighted by Gasteiger charge is 2.44. The van der Waals surface area contributed by atoms with Crippen LogP contribution in [0.4, 0.5) is 5.82 Å². The number of rotatable bonds is 12. The van der Waals surface area contributed by atoms with Gasteiger partial charge in [0, 0.05) is 55.6 Å². The first kappa shape index (κ1) is 28.7. The molecule has 196 valence electrons. The van der Waals surface area contributed by atoms with Gasteiger partial charge in [-0.2, -0.15) is 0 Å². The van der Waals surface area contributed by atoms with Crippen LogP contribution in [-0.2, 0) is 17.6 Å². The van der Waals surface area contributed by atoms with E-state index in [1.165, 1.54) is 0 Å². The van der Waals surface area contributed by atoms with Crippen molar-refractivity contribution in [1.29, 1.82) is 0 Å². The van der Waals surface area contributed by atoms with Gasteiger partial charge >= 0.3 is 0 Å². The monoisotopic (exact) mass is 550 g/mol. The summed E-state index contributed by atoms with van der Waals surface area (Å²) in [4.78, 5) is 27.8. The van der Waals surface area contributed by atoms with Gasteiger partial charge in [0.1, 0.15) is 11.6 Å². The lowest BCUT2D eigenvalue weighted by Crippen LogP contribution is -2.48. The molecule has 2 N–H and O–H groups in total. The van der Waals surface area contributed by atoms with Crippen molar-refractivity contribution in [3.05, 3.63) is 51.4 Å². The Morgan fingerprint density at radius 1 is 1.19 bits per heavy atom. The number of halogens is 2. The number of likely N-dealkylation sites (N-methyl/N-ethyl adjacent to an activating group) is 1. The van der Waals surface area contributed by atoms with E-state index in [1.54, 1.807) is 6.07 Å². The SMILES string of the molecule is CCN1CCC(CNc2cc(C)nc(CC(=S)Cc3ccc(Cl)c(Cl)c3)n2)(C(=O)NCCN(C)C)C1. The van der Waals surface area contributed by atoms with Gasteiger partial charge in [0.05, 0.1) is 15.5 Å². The molecule has 1 unspecified atom stereocenters. The molecule has 7 nitrogen and oxygen atoms in total. The molecule has 1 atom stereocenters. The third-order valence-electron chi connectivity index (χ3n) is 6.46. The molecule has 1 aliphatic heterocycles.